The first-order valence-corrected chi connectivity index (χ1v) is 9.45. The van der Waals surface area contributed by atoms with Gasteiger partial charge in [0.25, 0.3) is 0 Å². The lowest BCUT2D eigenvalue weighted by Crippen LogP contribution is -2.33. The molecule has 1 heterocycles. The number of nitrogens with zero attached hydrogens (tertiary/aromatic N) is 2. The van der Waals surface area contributed by atoms with Crippen molar-refractivity contribution in [3.05, 3.63) is 30.1 Å². The van der Waals surface area contributed by atoms with Crippen LogP contribution in [0, 0.1) is 5.92 Å². The smallest absolute Gasteiger partial charge is 0.211 e. The van der Waals surface area contributed by atoms with Gasteiger partial charge >= 0.3 is 0 Å². The Bertz CT molecular complexity index is 515. The molecule has 0 spiro atoms. The average Bonchev–Trinajstić information content (AvgIpc) is 3.25. The van der Waals surface area contributed by atoms with Crippen LogP contribution in [0.2, 0.25) is 0 Å². The third kappa shape index (κ3) is 6.54. The number of hydrogen-bond acceptors (Lipinski definition) is 4. The minimum absolute atomic E-state index is 0.603. The maximum atomic E-state index is 11.7. The second-order valence-corrected chi connectivity index (χ2v) is 7.77. The number of nitrogens with one attached hydrogen (secondary N) is 1. The molecule has 0 saturated heterocycles. The maximum Gasteiger partial charge on any atom is 0.211 e. The molecule has 1 saturated carbocycles. The lowest BCUT2D eigenvalue weighted by molar-refractivity contribution is 0.389. The monoisotopic (exact) mass is 311 g/mol. The lowest BCUT2D eigenvalue weighted by Gasteiger charge is -2.19. The summed E-state index contributed by atoms with van der Waals surface area (Å²) >= 11 is 0. The molecule has 1 fully saturated rings. The molecule has 0 radical (unpaired) electrons. The van der Waals surface area contributed by atoms with Crippen LogP contribution in [0.25, 0.3) is 0 Å². The van der Waals surface area contributed by atoms with E-state index < -0.39 is 10.0 Å². The number of sulfonamides is 1. The molecule has 1 aromatic heterocycles. The standard InChI is InChI=1S/C15H25N3O2S/c1-21(19,20)18(11-7-14-5-6-14)10-3-9-17-13-15-4-2-8-16-12-15/h2,4,8,12,14,17H,3,5-7,9-11,13H2,1H3. The highest BCUT2D eigenvalue weighted by Crippen LogP contribution is 2.32. The van der Waals surface area contributed by atoms with E-state index in [-0.39, 0.29) is 0 Å². The molecule has 118 valence electrons. The lowest BCUT2D eigenvalue weighted by atomic mass is 10.3. The summed E-state index contributed by atoms with van der Waals surface area (Å²) in [5, 5.41) is 3.32. The fourth-order valence-corrected chi connectivity index (χ4v) is 3.19. The fraction of sp³-hybridized carbons (Fsp3) is 0.667. The van der Waals surface area contributed by atoms with E-state index in [2.05, 4.69) is 10.3 Å². The normalized spacial score (nSPS) is 15.5. The van der Waals surface area contributed by atoms with E-state index in [0.717, 1.165) is 37.4 Å². The molecule has 1 N–H and O–H groups in total. The first-order valence-electron chi connectivity index (χ1n) is 7.60. The van der Waals surface area contributed by atoms with Crippen molar-refractivity contribution in [3.63, 3.8) is 0 Å². The molecule has 0 unspecified atom stereocenters. The van der Waals surface area contributed by atoms with Gasteiger partial charge in [-0.2, -0.15) is 0 Å². The number of hydrogen-bond donors (Lipinski definition) is 1. The Hall–Kier alpha value is -0.980. The third-order valence-electron chi connectivity index (χ3n) is 3.77. The second-order valence-electron chi connectivity index (χ2n) is 5.79. The van der Waals surface area contributed by atoms with Gasteiger partial charge in [-0.05, 0) is 36.9 Å². The summed E-state index contributed by atoms with van der Waals surface area (Å²) in [5.74, 6) is 0.762. The van der Waals surface area contributed by atoms with Crippen LogP contribution in [0.1, 0.15) is 31.2 Å². The maximum absolute atomic E-state index is 11.7. The van der Waals surface area contributed by atoms with Crippen LogP contribution in [0.4, 0.5) is 0 Å². The largest absolute Gasteiger partial charge is 0.313 e. The van der Waals surface area contributed by atoms with Gasteiger partial charge in [0.05, 0.1) is 6.26 Å². The van der Waals surface area contributed by atoms with Gasteiger partial charge in [0.15, 0.2) is 0 Å². The molecule has 21 heavy (non-hydrogen) atoms. The zero-order chi connectivity index (χ0) is 15.1. The van der Waals surface area contributed by atoms with Gasteiger partial charge < -0.3 is 5.32 Å². The zero-order valence-electron chi connectivity index (χ0n) is 12.7. The van der Waals surface area contributed by atoms with Crippen molar-refractivity contribution in [3.8, 4) is 0 Å². The van der Waals surface area contributed by atoms with Gasteiger partial charge in [-0.15, -0.1) is 0 Å². The van der Waals surface area contributed by atoms with Crippen LogP contribution < -0.4 is 5.32 Å². The van der Waals surface area contributed by atoms with Crippen LogP contribution in [0.15, 0.2) is 24.5 Å². The Morgan fingerprint density at radius 1 is 1.38 bits per heavy atom. The second kappa shape index (κ2) is 7.87. The van der Waals surface area contributed by atoms with E-state index in [1.807, 2.05) is 18.3 Å². The Morgan fingerprint density at radius 2 is 2.19 bits per heavy atom. The minimum Gasteiger partial charge on any atom is -0.313 e. The average molecular weight is 311 g/mol. The Morgan fingerprint density at radius 3 is 2.81 bits per heavy atom. The molecule has 1 aliphatic carbocycles. The van der Waals surface area contributed by atoms with Crippen LogP contribution in [0.5, 0.6) is 0 Å². The molecule has 0 amide bonds. The van der Waals surface area contributed by atoms with E-state index >= 15 is 0 Å². The highest BCUT2D eigenvalue weighted by molar-refractivity contribution is 7.88. The molecule has 0 aromatic carbocycles. The van der Waals surface area contributed by atoms with Crippen LogP contribution >= 0.6 is 0 Å². The van der Waals surface area contributed by atoms with Gasteiger partial charge in [-0.1, -0.05) is 18.9 Å². The fourth-order valence-electron chi connectivity index (χ4n) is 2.29. The van der Waals surface area contributed by atoms with E-state index in [0.29, 0.717) is 13.1 Å². The van der Waals surface area contributed by atoms with Gasteiger partial charge in [0.1, 0.15) is 0 Å². The van der Waals surface area contributed by atoms with Crippen molar-refractivity contribution >= 4 is 10.0 Å². The molecule has 1 aliphatic rings. The van der Waals surface area contributed by atoms with Crippen LogP contribution in [0.3, 0.4) is 0 Å². The Balaban J connectivity index is 1.64. The highest BCUT2D eigenvalue weighted by Gasteiger charge is 2.24. The minimum atomic E-state index is -3.08. The van der Waals surface area contributed by atoms with E-state index in [1.54, 1.807) is 10.5 Å². The molecular formula is C15H25N3O2S. The summed E-state index contributed by atoms with van der Waals surface area (Å²) in [5.41, 5.74) is 1.14. The summed E-state index contributed by atoms with van der Waals surface area (Å²) in [6.07, 6.45) is 9.28. The molecular weight excluding hydrogens is 286 g/mol. The van der Waals surface area contributed by atoms with Crippen molar-refractivity contribution < 1.29 is 8.42 Å². The number of pyridine rings is 1. The topological polar surface area (TPSA) is 62.3 Å². The molecule has 1 aromatic rings. The van der Waals surface area contributed by atoms with E-state index in [9.17, 15) is 8.42 Å². The highest BCUT2D eigenvalue weighted by atomic mass is 32.2. The first kappa shape index (κ1) is 16.4. The Kier molecular flexibility index (Phi) is 6.14. The summed E-state index contributed by atoms with van der Waals surface area (Å²) < 4.78 is 25.1. The van der Waals surface area contributed by atoms with Crippen LogP contribution in [-0.4, -0.2) is 43.6 Å². The summed E-state index contributed by atoms with van der Waals surface area (Å²) in [4.78, 5) is 4.06. The summed E-state index contributed by atoms with van der Waals surface area (Å²) in [7, 11) is -3.08. The first-order chi connectivity index (χ1) is 10.1. The van der Waals surface area contributed by atoms with Crippen molar-refractivity contribution in [2.24, 2.45) is 5.92 Å². The molecule has 0 bridgehead atoms. The predicted octanol–water partition coefficient (Wildman–Crippen LogP) is 1.62. The van der Waals surface area contributed by atoms with E-state index in [4.69, 9.17) is 0 Å². The van der Waals surface area contributed by atoms with E-state index in [1.165, 1.54) is 19.1 Å². The zero-order valence-corrected chi connectivity index (χ0v) is 13.5. The third-order valence-corrected chi connectivity index (χ3v) is 5.07. The predicted molar refractivity (Wildman–Crippen MR) is 84.3 cm³/mol. The summed E-state index contributed by atoms with van der Waals surface area (Å²) in [6.45, 7) is 2.86. The quantitative estimate of drug-likeness (QED) is 0.667. The SMILES string of the molecule is CS(=O)(=O)N(CCCNCc1cccnc1)CCC1CC1. The summed E-state index contributed by atoms with van der Waals surface area (Å²) in [6, 6.07) is 3.94. The van der Waals surface area contributed by atoms with Crippen molar-refractivity contribution in [1.82, 2.24) is 14.6 Å². The molecule has 0 atom stereocenters. The molecule has 2 rings (SSSR count). The number of rotatable bonds is 10. The molecule has 0 aliphatic heterocycles. The van der Waals surface area contributed by atoms with Gasteiger partial charge in [-0.25, -0.2) is 12.7 Å². The van der Waals surface area contributed by atoms with Crippen LogP contribution in [-0.2, 0) is 16.6 Å². The van der Waals surface area contributed by atoms with Crippen molar-refractivity contribution in [1.29, 1.82) is 0 Å². The van der Waals surface area contributed by atoms with Gasteiger partial charge in [-0.3, -0.25) is 4.98 Å². The molecule has 5 nitrogen and oxygen atoms in total. The van der Waals surface area contributed by atoms with Gasteiger partial charge in [0, 0.05) is 32.0 Å². The van der Waals surface area contributed by atoms with Crippen molar-refractivity contribution in [2.75, 3.05) is 25.9 Å². The number of aromatic nitrogens is 1. The van der Waals surface area contributed by atoms with Crippen molar-refractivity contribution in [2.45, 2.75) is 32.2 Å². The van der Waals surface area contributed by atoms with Gasteiger partial charge in [0.2, 0.25) is 10.0 Å². The molecule has 6 heteroatoms. The Labute approximate surface area is 127 Å².